The number of carbonyl (C=O) groups is 2. The van der Waals surface area contributed by atoms with Crippen LogP contribution in [0, 0.1) is 5.82 Å². The van der Waals surface area contributed by atoms with Crippen molar-refractivity contribution in [2.24, 2.45) is 0 Å². The molecule has 0 aliphatic carbocycles. The van der Waals surface area contributed by atoms with Crippen LogP contribution in [0.5, 0.6) is 0 Å². The summed E-state index contributed by atoms with van der Waals surface area (Å²) in [4.78, 5) is 30.2. The van der Waals surface area contributed by atoms with Crippen LogP contribution in [0.25, 0.3) is 27.7 Å². The van der Waals surface area contributed by atoms with Crippen LogP contribution in [0.4, 0.5) is 10.2 Å². The van der Waals surface area contributed by atoms with Crippen LogP contribution >= 0.6 is 0 Å². The minimum absolute atomic E-state index is 0.282. The van der Waals surface area contributed by atoms with Gasteiger partial charge in [-0.2, -0.15) is 0 Å². The second kappa shape index (κ2) is 11.5. The van der Waals surface area contributed by atoms with Gasteiger partial charge in [0.05, 0.1) is 18.0 Å². The van der Waals surface area contributed by atoms with E-state index in [4.69, 9.17) is 4.98 Å². The molecule has 3 N–H and O–H groups in total. The quantitative estimate of drug-likeness (QED) is 0.180. The number of aromatic nitrogens is 2. The van der Waals surface area contributed by atoms with Crippen LogP contribution in [-0.2, 0) is 11.3 Å². The monoisotopic (exact) mass is 558 g/mol. The summed E-state index contributed by atoms with van der Waals surface area (Å²) in [6.45, 7) is 0.539. The molecule has 0 aliphatic rings. The van der Waals surface area contributed by atoms with Crippen molar-refractivity contribution in [2.45, 2.75) is 19.0 Å². The molecule has 2 aromatic heterocycles. The average Bonchev–Trinajstić information content (AvgIpc) is 3.39. The van der Waals surface area contributed by atoms with E-state index >= 15 is 0 Å². The number of imidazole rings is 1. The number of anilines is 1. The molecule has 1 atom stereocenters. The highest BCUT2D eigenvalue weighted by atomic mass is 19.1. The number of carboxylic acids is 1. The first-order valence-corrected chi connectivity index (χ1v) is 13.5. The van der Waals surface area contributed by atoms with E-state index in [-0.39, 0.29) is 12.0 Å². The number of benzene rings is 4. The molecule has 0 fully saturated rings. The number of halogens is 1. The van der Waals surface area contributed by atoms with Gasteiger partial charge in [0.15, 0.2) is 5.65 Å². The van der Waals surface area contributed by atoms with Crippen LogP contribution in [0.1, 0.15) is 33.9 Å². The third-order valence-electron chi connectivity index (χ3n) is 7.18. The van der Waals surface area contributed by atoms with E-state index in [0.717, 1.165) is 27.7 Å². The first-order valence-electron chi connectivity index (χ1n) is 13.5. The van der Waals surface area contributed by atoms with Gasteiger partial charge < -0.3 is 15.7 Å². The first-order chi connectivity index (χ1) is 20.5. The molecule has 0 bridgehead atoms. The van der Waals surface area contributed by atoms with Gasteiger partial charge in [0.25, 0.3) is 5.91 Å². The van der Waals surface area contributed by atoms with Gasteiger partial charge in [-0.1, -0.05) is 78.9 Å². The maximum atomic E-state index is 13.7. The highest BCUT2D eigenvalue weighted by molar-refractivity contribution is 6.01. The molecule has 6 rings (SSSR count). The largest absolute Gasteiger partial charge is 0.481 e. The van der Waals surface area contributed by atoms with E-state index < -0.39 is 23.7 Å². The Morgan fingerprint density at radius 1 is 0.857 bits per heavy atom. The Labute approximate surface area is 241 Å². The lowest BCUT2D eigenvalue weighted by atomic mass is 10.0. The normalized spacial score (nSPS) is 11.8. The molecule has 0 saturated heterocycles. The second-order valence-corrected chi connectivity index (χ2v) is 10.0. The van der Waals surface area contributed by atoms with E-state index in [1.807, 2.05) is 71.3 Å². The van der Waals surface area contributed by atoms with Gasteiger partial charge in [-0.15, -0.1) is 0 Å². The SMILES string of the molecule is O=C(O)CC(NC(=O)c1cccn2c(NCc3ccccc3)c(-c3ccc4ccccc4c3)nc12)c1ccc(F)cc1. The maximum absolute atomic E-state index is 13.7. The number of amides is 1. The minimum Gasteiger partial charge on any atom is -0.481 e. The van der Waals surface area contributed by atoms with Gasteiger partial charge in [-0.25, -0.2) is 9.37 Å². The van der Waals surface area contributed by atoms with Crippen molar-refractivity contribution in [3.63, 3.8) is 0 Å². The molecule has 8 heteroatoms. The Morgan fingerprint density at radius 3 is 2.36 bits per heavy atom. The van der Waals surface area contributed by atoms with Crippen molar-refractivity contribution in [3.05, 3.63) is 138 Å². The van der Waals surface area contributed by atoms with E-state index in [2.05, 4.69) is 22.8 Å². The number of fused-ring (bicyclic) bond motifs is 2. The Morgan fingerprint density at radius 2 is 1.60 bits per heavy atom. The molecule has 7 nitrogen and oxygen atoms in total. The Balaban J connectivity index is 1.42. The lowest BCUT2D eigenvalue weighted by Gasteiger charge is -2.18. The van der Waals surface area contributed by atoms with Gasteiger partial charge in [0.1, 0.15) is 17.3 Å². The van der Waals surface area contributed by atoms with Crippen LogP contribution in [-0.4, -0.2) is 26.4 Å². The Hall–Kier alpha value is -5.50. The van der Waals surface area contributed by atoms with Gasteiger partial charge >= 0.3 is 5.97 Å². The molecule has 208 valence electrons. The number of rotatable bonds is 9. The van der Waals surface area contributed by atoms with E-state index in [0.29, 0.717) is 23.4 Å². The first kappa shape index (κ1) is 26.7. The van der Waals surface area contributed by atoms with Crippen LogP contribution in [0.15, 0.2) is 115 Å². The smallest absolute Gasteiger partial charge is 0.305 e. The molecular formula is C34H27FN4O3. The summed E-state index contributed by atoms with van der Waals surface area (Å²) in [7, 11) is 0. The lowest BCUT2D eigenvalue weighted by Crippen LogP contribution is -2.30. The summed E-state index contributed by atoms with van der Waals surface area (Å²) in [6.07, 6.45) is 1.48. The second-order valence-electron chi connectivity index (χ2n) is 10.0. The summed E-state index contributed by atoms with van der Waals surface area (Å²) in [6, 6.07) is 32.2. The third kappa shape index (κ3) is 5.55. The Kier molecular flexibility index (Phi) is 7.34. The van der Waals surface area contributed by atoms with Crippen LogP contribution in [0.3, 0.4) is 0 Å². The fourth-order valence-electron chi connectivity index (χ4n) is 5.09. The molecule has 0 aliphatic heterocycles. The fourth-order valence-corrected chi connectivity index (χ4v) is 5.09. The van der Waals surface area contributed by atoms with Gasteiger partial charge in [-0.3, -0.25) is 14.0 Å². The molecule has 1 unspecified atom stereocenters. The summed E-state index contributed by atoms with van der Waals surface area (Å²) in [5.41, 5.74) is 3.84. The molecule has 42 heavy (non-hydrogen) atoms. The van der Waals surface area contributed by atoms with E-state index in [1.165, 1.54) is 24.3 Å². The molecule has 4 aromatic carbocycles. The van der Waals surface area contributed by atoms with Crippen LogP contribution < -0.4 is 10.6 Å². The van der Waals surface area contributed by atoms with Crippen molar-refractivity contribution in [1.29, 1.82) is 0 Å². The number of carboxylic acid groups (broad SMARTS) is 1. The summed E-state index contributed by atoms with van der Waals surface area (Å²) in [5, 5.41) is 18.0. The number of nitrogens with zero attached hydrogens (tertiary/aromatic N) is 2. The number of hydrogen-bond donors (Lipinski definition) is 3. The predicted molar refractivity (Wildman–Crippen MR) is 161 cm³/mol. The van der Waals surface area contributed by atoms with Gasteiger partial charge in [0, 0.05) is 18.3 Å². The van der Waals surface area contributed by atoms with Crippen molar-refractivity contribution >= 4 is 34.1 Å². The predicted octanol–water partition coefficient (Wildman–Crippen LogP) is 6.85. The molecular weight excluding hydrogens is 531 g/mol. The summed E-state index contributed by atoms with van der Waals surface area (Å²) < 4.78 is 15.4. The number of hydrogen-bond acceptors (Lipinski definition) is 4. The highest BCUT2D eigenvalue weighted by Crippen LogP contribution is 2.33. The van der Waals surface area contributed by atoms with Crippen molar-refractivity contribution in [2.75, 3.05) is 5.32 Å². The minimum atomic E-state index is -1.09. The number of pyridine rings is 1. The molecule has 0 radical (unpaired) electrons. The zero-order valence-corrected chi connectivity index (χ0v) is 22.5. The van der Waals surface area contributed by atoms with Gasteiger partial charge in [-0.05, 0) is 52.2 Å². The zero-order valence-electron chi connectivity index (χ0n) is 22.5. The van der Waals surface area contributed by atoms with E-state index in [1.54, 1.807) is 12.1 Å². The molecule has 6 aromatic rings. The average molecular weight is 559 g/mol. The Bertz CT molecular complexity index is 1900. The standard InChI is InChI=1S/C34H27FN4O3/c35-27-16-14-24(15-17-27)29(20-30(40)41)37-34(42)28-11-6-18-39-32(28)38-31(33(39)36-21-22-7-2-1-3-8-22)26-13-12-23-9-4-5-10-25(23)19-26/h1-19,29,36H,20-21H2,(H,37,42)(H,40,41). The third-order valence-corrected chi connectivity index (χ3v) is 7.18. The number of nitrogens with one attached hydrogen (secondary N) is 2. The number of aliphatic carboxylic acids is 1. The molecule has 0 saturated carbocycles. The highest BCUT2D eigenvalue weighted by Gasteiger charge is 2.23. The maximum Gasteiger partial charge on any atom is 0.305 e. The van der Waals surface area contributed by atoms with E-state index in [9.17, 15) is 19.1 Å². The molecule has 2 heterocycles. The zero-order chi connectivity index (χ0) is 29.1. The molecule has 0 spiro atoms. The fraction of sp³-hybridized carbons (Fsp3) is 0.0882. The van der Waals surface area contributed by atoms with Crippen molar-refractivity contribution in [1.82, 2.24) is 14.7 Å². The van der Waals surface area contributed by atoms with Gasteiger partial charge in [0.2, 0.25) is 0 Å². The topological polar surface area (TPSA) is 95.7 Å². The van der Waals surface area contributed by atoms with Crippen LogP contribution in [0.2, 0.25) is 0 Å². The summed E-state index contributed by atoms with van der Waals surface area (Å²) >= 11 is 0. The van der Waals surface area contributed by atoms with Crippen molar-refractivity contribution < 1.29 is 19.1 Å². The van der Waals surface area contributed by atoms with Crippen molar-refractivity contribution in [3.8, 4) is 11.3 Å². The lowest BCUT2D eigenvalue weighted by molar-refractivity contribution is -0.137. The summed E-state index contributed by atoms with van der Waals surface area (Å²) in [5.74, 6) is -1.30. The number of carbonyl (C=O) groups excluding carboxylic acids is 1. The molecule has 1 amide bonds.